The highest BCUT2D eigenvalue weighted by Gasteiger charge is 2.33. The van der Waals surface area contributed by atoms with Gasteiger partial charge in [0.2, 0.25) is 0 Å². The van der Waals surface area contributed by atoms with Crippen molar-refractivity contribution < 1.29 is 9.47 Å². The smallest absolute Gasteiger partial charge is 0.161 e. The SMILES string of the molecule is CC(C)N1CCCC(CN)C1c1ccc2c(c1)OCCO2. The van der Waals surface area contributed by atoms with Crippen LogP contribution in [-0.2, 0) is 0 Å². The van der Waals surface area contributed by atoms with E-state index in [0.29, 0.717) is 31.2 Å². The van der Waals surface area contributed by atoms with Crippen molar-refractivity contribution in [3.05, 3.63) is 23.8 Å². The molecule has 1 aromatic rings. The summed E-state index contributed by atoms with van der Waals surface area (Å²) in [6.07, 6.45) is 2.44. The fourth-order valence-electron chi connectivity index (χ4n) is 3.64. The van der Waals surface area contributed by atoms with Crippen molar-refractivity contribution in [2.24, 2.45) is 11.7 Å². The summed E-state index contributed by atoms with van der Waals surface area (Å²) in [6, 6.07) is 7.30. The van der Waals surface area contributed by atoms with Gasteiger partial charge in [0, 0.05) is 12.1 Å². The summed E-state index contributed by atoms with van der Waals surface area (Å²) in [5.74, 6) is 2.26. The molecule has 0 radical (unpaired) electrons. The summed E-state index contributed by atoms with van der Waals surface area (Å²) in [7, 11) is 0. The lowest BCUT2D eigenvalue weighted by molar-refractivity contribution is 0.0661. The summed E-state index contributed by atoms with van der Waals surface area (Å²) < 4.78 is 11.4. The van der Waals surface area contributed by atoms with Crippen molar-refractivity contribution >= 4 is 0 Å². The highest BCUT2D eigenvalue weighted by Crippen LogP contribution is 2.40. The first-order valence-corrected chi connectivity index (χ1v) is 8.06. The van der Waals surface area contributed by atoms with Crippen molar-refractivity contribution in [2.75, 3.05) is 26.3 Å². The Bertz CT molecular complexity index is 490. The summed E-state index contributed by atoms with van der Waals surface area (Å²) in [6.45, 7) is 7.69. The van der Waals surface area contributed by atoms with Gasteiger partial charge in [-0.2, -0.15) is 0 Å². The molecule has 21 heavy (non-hydrogen) atoms. The monoisotopic (exact) mass is 290 g/mol. The Balaban J connectivity index is 1.94. The van der Waals surface area contributed by atoms with Gasteiger partial charge in [0.15, 0.2) is 11.5 Å². The second-order valence-corrected chi connectivity index (χ2v) is 6.32. The Kier molecular flexibility index (Phi) is 4.36. The standard InChI is InChI=1S/C17H26N2O2/c1-12(2)19-7-3-4-14(11-18)17(19)13-5-6-15-16(10-13)21-9-8-20-15/h5-6,10,12,14,17H,3-4,7-9,11,18H2,1-2H3. The first-order valence-electron chi connectivity index (χ1n) is 8.06. The summed E-state index contributed by atoms with van der Waals surface area (Å²) >= 11 is 0. The number of nitrogens with two attached hydrogens (primary N) is 1. The van der Waals surface area contributed by atoms with Gasteiger partial charge in [0.1, 0.15) is 13.2 Å². The fourth-order valence-corrected chi connectivity index (χ4v) is 3.64. The molecule has 2 unspecified atom stereocenters. The van der Waals surface area contributed by atoms with Gasteiger partial charge in [-0.25, -0.2) is 0 Å². The van der Waals surface area contributed by atoms with E-state index in [1.165, 1.54) is 18.4 Å². The van der Waals surface area contributed by atoms with Crippen molar-refractivity contribution in [1.29, 1.82) is 0 Å². The lowest BCUT2D eigenvalue weighted by atomic mass is 9.83. The number of hydrogen-bond donors (Lipinski definition) is 1. The Morgan fingerprint density at radius 1 is 1.24 bits per heavy atom. The maximum absolute atomic E-state index is 6.05. The fraction of sp³-hybridized carbons (Fsp3) is 0.647. The topological polar surface area (TPSA) is 47.7 Å². The zero-order valence-electron chi connectivity index (χ0n) is 13.0. The van der Waals surface area contributed by atoms with Crippen LogP contribution in [0.15, 0.2) is 18.2 Å². The van der Waals surface area contributed by atoms with Gasteiger partial charge in [-0.1, -0.05) is 6.07 Å². The van der Waals surface area contributed by atoms with Crippen LogP contribution < -0.4 is 15.2 Å². The van der Waals surface area contributed by atoms with Crippen molar-refractivity contribution in [2.45, 2.75) is 38.8 Å². The van der Waals surface area contributed by atoms with Crippen LogP contribution in [-0.4, -0.2) is 37.2 Å². The van der Waals surface area contributed by atoms with Crippen molar-refractivity contribution in [3.8, 4) is 11.5 Å². The summed E-state index contributed by atoms with van der Waals surface area (Å²) in [4.78, 5) is 2.58. The predicted octanol–water partition coefficient (Wildman–Crippen LogP) is 2.58. The van der Waals surface area contributed by atoms with E-state index in [0.717, 1.165) is 24.6 Å². The first kappa shape index (κ1) is 14.7. The molecule has 1 aromatic carbocycles. The van der Waals surface area contributed by atoms with Gasteiger partial charge in [0.25, 0.3) is 0 Å². The number of fused-ring (bicyclic) bond motifs is 1. The highest BCUT2D eigenvalue weighted by atomic mass is 16.6. The molecule has 4 nitrogen and oxygen atoms in total. The lowest BCUT2D eigenvalue weighted by Gasteiger charge is -2.44. The minimum atomic E-state index is 0.388. The first-order chi connectivity index (χ1) is 10.2. The largest absolute Gasteiger partial charge is 0.486 e. The average molecular weight is 290 g/mol. The molecular weight excluding hydrogens is 264 g/mol. The second-order valence-electron chi connectivity index (χ2n) is 6.32. The normalized spacial score (nSPS) is 26.1. The Morgan fingerprint density at radius 2 is 2.00 bits per heavy atom. The van der Waals surface area contributed by atoms with Crippen LogP contribution in [0.1, 0.15) is 38.3 Å². The van der Waals surface area contributed by atoms with E-state index in [9.17, 15) is 0 Å². The third-order valence-electron chi connectivity index (χ3n) is 4.67. The van der Waals surface area contributed by atoms with Crippen LogP contribution in [0.5, 0.6) is 11.5 Å². The van der Waals surface area contributed by atoms with Gasteiger partial charge in [-0.3, -0.25) is 4.90 Å². The zero-order chi connectivity index (χ0) is 14.8. The maximum Gasteiger partial charge on any atom is 0.161 e. The van der Waals surface area contributed by atoms with E-state index >= 15 is 0 Å². The number of rotatable bonds is 3. The number of likely N-dealkylation sites (tertiary alicyclic amines) is 1. The molecule has 0 bridgehead atoms. The van der Waals surface area contributed by atoms with Crippen molar-refractivity contribution in [1.82, 2.24) is 4.90 Å². The number of nitrogens with zero attached hydrogens (tertiary/aromatic N) is 1. The van der Waals surface area contributed by atoms with Crippen LogP contribution in [0.3, 0.4) is 0 Å². The molecule has 3 rings (SSSR count). The number of piperidine rings is 1. The molecule has 1 saturated heterocycles. The Hall–Kier alpha value is -1.26. The Morgan fingerprint density at radius 3 is 2.71 bits per heavy atom. The van der Waals surface area contributed by atoms with E-state index in [-0.39, 0.29) is 0 Å². The van der Waals surface area contributed by atoms with Crippen LogP contribution in [0.25, 0.3) is 0 Å². The minimum Gasteiger partial charge on any atom is -0.486 e. The van der Waals surface area contributed by atoms with Gasteiger partial charge >= 0.3 is 0 Å². The number of benzene rings is 1. The van der Waals surface area contributed by atoms with E-state index in [1.54, 1.807) is 0 Å². The zero-order valence-corrected chi connectivity index (χ0v) is 13.0. The van der Waals surface area contributed by atoms with Gasteiger partial charge in [0.05, 0.1) is 0 Å². The van der Waals surface area contributed by atoms with Crippen LogP contribution in [0.4, 0.5) is 0 Å². The maximum atomic E-state index is 6.05. The van der Waals surface area contributed by atoms with Crippen molar-refractivity contribution in [3.63, 3.8) is 0 Å². The molecular formula is C17H26N2O2. The molecule has 0 aliphatic carbocycles. The minimum absolute atomic E-state index is 0.388. The quantitative estimate of drug-likeness (QED) is 0.929. The molecule has 4 heteroatoms. The summed E-state index contributed by atoms with van der Waals surface area (Å²) in [5, 5.41) is 0. The highest BCUT2D eigenvalue weighted by molar-refractivity contribution is 5.45. The molecule has 1 fully saturated rings. The van der Waals surface area contributed by atoms with Crippen LogP contribution in [0.2, 0.25) is 0 Å². The number of ether oxygens (including phenoxy) is 2. The molecule has 0 spiro atoms. The van der Waals surface area contributed by atoms with E-state index in [2.05, 4.69) is 30.9 Å². The molecule has 2 aliphatic rings. The lowest BCUT2D eigenvalue weighted by Crippen LogP contribution is -2.45. The third kappa shape index (κ3) is 2.87. The average Bonchev–Trinajstić information content (AvgIpc) is 2.53. The third-order valence-corrected chi connectivity index (χ3v) is 4.67. The van der Waals surface area contributed by atoms with Crippen LogP contribution in [0, 0.1) is 5.92 Å². The molecule has 0 aromatic heterocycles. The molecule has 0 amide bonds. The molecule has 116 valence electrons. The predicted molar refractivity (Wildman–Crippen MR) is 83.8 cm³/mol. The molecule has 0 saturated carbocycles. The van der Waals surface area contributed by atoms with Gasteiger partial charge < -0.3 is 15.2 Å². The van der Waals surface area contributed by atoms with E-state index in [4.69, 9.17) is 15.2 Å². The van der Waals surface area contributed by atoms with E-state index < -0.39 is 0 Å². The second kappa shape index (κ2) is 6.24. The van der Waals surface area contributed by atoms with Gasteiger partial charge in [-0.15, -0.1) is 0 Å². The molecule has 2 heterocycles. The Labute approximate surface area is 127 Å². The van der Waals surface area contributed by atoms with Gasteiger partial charge in [-0.05, 0) is 63.4 Å². The van der Waals surface area contributed by atoms with Crippen LogP contribution >= 0.6 is 0 Å². The molecule has 2 aliphatic heterocycles. The molecule has 2 atom stereocenters. The summed E-state index contributed by atoms with van der Waals surface area (Å²) in [5.41, 5.74) is 7.36. The molecule has 2 N–H and O–H groups in total. The number of hydrogen-bond acceptors (Lipinski definition) is 4. The van der Waals surface area contributed by atoms with E-state index in [1.807, 2.05) is 6.07 Å².